The van der Waals surface area contributed by atoms with Crippen LogP contribution in [0.4, 0.5) is 39.8 Å². The number of nitrogens with zero attached hydrogens (tertiary/aromatic N) is 4. The van der Waals surface area contributed by atoms with Gasteiger partial charge in [-0.3, -0.25) is 27.8 Å². The summed E-state index contributed by atoms with van der Waals surface area (Å²) in [6.45, 7) is 9.01. The Labute approximate surface area is 375 Å². The van der Waals surface area contributed by atoms with E-state index in [1.54, 1.807) is 0 Å². The van der Waals surface area contributed by atoms with Crippen molar-refractivity contribution in [3.63, 3.8) is 0 Å². The number of azo groups is 2. The fourth-order valence-electron chi connectivity index (χ4n) is 5.91. The lowest BCUT2D eigenvalue weighted by Gasteiger charge is -2.15. The molecule has 0 bridgehead atoms. The third kappa shape index (κ3) is 11.5. The number of anilines is 3. The number of carbonyl (C=O) groups excluding carboxylic acids is 2. The highest BCUT2D eigenvalue weighted by Gasteiger charge is 2.32. The molecule has 4 aromatic carbocycles. The quantitative estimate of drug-likeness (QED) is 0.0386. The lowest BCUT2D eigenvalue weighted by Crippen LogP contribution is -2.33. The lowest BCUT2D eigenvalue weighted by molar-refractivity contribution is -0.116. The summed E-state index contributed by atoms with van der Waals surface area (Å²) in [7, 11) is -29.9. The molecule has 0 heterocycles. The molecule has 2 unspecified atom stereocenters. The van der Waals surface area contributed by atoms with E-state index < -0.39 is 147 Å². The zero-order chi connectivity index (χ0) is 50.1. The molecule has 0 spiro atoms. The van der Waals surface area contributed by atoms with Crippen molar-refractivity contribution >= 4 is 123 Å². The Morgan fingerprint density at radius 1 is 0.591 bits per heavy atom. The van der Waals surface area contributed by atoms with Gasteiger partial charge in [-0.05, 0) is 66.8 Å². The molecular weight excluding hydrogens is 1000 g/mol. The normalized spacial score (nSPS) is 14.0. The van der Waals surface area contributed by atoms with Gasteiger partial charge in [0, 0.05) is 22.2 Å². The second-order valence-corrected chi connectivity index (χ2v) is 23.0. The highest BCUT2D eigenvalue weighted by atomic mass is 32.2. The number of benzene rings is 4. The highest BCUT2D eigenvalue weighted by molar-refractivity contribution is 7.96. The predicted molar refractivity (Wildman–Crippen MR) is 234 cm³/mol. The zero-order valence-electron chi connectivity index (χ0n) is 33.5. The number of nitrogens with two attached hydrogens (primary N) is 1. The number of carbonyl (C=O) groups is 2. The fraction of sp³-hybridized carbons (Fsp3) is 0.176. The topological polar surface area (TPSA) is 440 Å². The van der Waals surface area contributed by atoms with Crippen LogP contribution in [0.5, 0.6) is 5.75 Å². The average Bonchev–Trinajstić information content (AvgIpc) is 3.18. The molecule has 2 amide bonds. The monoisotopic (exact) mass is 1040 g/mol. The van der Waals surface area contributed by atoms with Gasteiger partial charge in [0.2, 0.25) is 11.8 Å². The van der Waals surface area contributed by atoms with Gasteiger partial charge in [0.25, 0.3) is 40.5 Å². The van der Waals surface area contributed by atoms with Gasteiger partial charge in [-0.15, -0.1) is 20.5 Å². The first-order valence-corrected chi connectivity index (χ1v) is 26.7. The molecule has 0 aromatic heterocycles. The molecule has 0 aliphatic carbocycles. The summed E-state index contributed by atoms with van der Waals surface area (Å²) in [5, 5.41) is 26.3. The average molecular weight is 1040 g/mol. The minimum atomic E-state index is -5.56. The van der Waals surface area contributed by atoms with E-state index in [2.05, 4.69) is 44.2 Å². The van der Waals surface area contributed by atoms with Crippen LogP contribution in [0.1, 0.15) is 26.7 Å². The van der Waals surface area contributed by atoms with Crippen LogP contribution in [0.15, 0.2) is 113 Å². The number of nitrogens with one attached hydrogen (secondary N) is 2. The minimum Gasteiger partial charge on any atom is -0.505 e. The maximum Gasteiger partial charge on any atom is 0.296 e. The van der Waals surface area contributed by atoms with Gasteiger partial charge >= 0.3 is 0 Å². The maximum absolute atomic E-state index is 12.9. The molecule has 2 atom stereocenters. The SMILES string of the molecule is C=CS(=O)(=O)C(CC)C(=O)Nc1ccc(S(=O)(=O)O)c(N=Nc2c(S(=O)(=O)O)cc3cc(S(=O)(=O)O)c(N=Nc4cc(NC(=O)C(CC)S(=O)(=O)C=C)ccc4S(=O)(=O)O)c(O)c3c2N)c1. The van der Waals surface area contributed by atoms with Gasteiger partial charge in [-0.1, -0.05) is 27.0 Å². The van der Waals surface area contributed by atoms with Gasteiger partial charge in [0.05, 0.1) is 11.1 Å². The Bertz CT molecular complexity index is 3260. The number of phenolic OH excluding ortho intramolecular Hbond substituents is 1. The number of rotatable bonds is 18. The number of sulfone groups is 2. The number of fused-ring (bicyclic) bond motifs is 1. The third-order valence-corrected chi connectivity index (χ3v) is 16.1. The van der Waals surface area contributed by atoms with Gasteiger partial charge in [0.1, 0.15) is 52.8 Å². The van der Waals surface area contributed by atoms with E-state index in [0.29, 0.717) is 41.1 Å². The van der Waals surface area contributed by atoms with E-state index in [4.69, 9.17) is 5.73 Å². The highest BCUT2D eigenvalue weighted by Crippen LogP contribution is 2.49. The van der Waals surface area contributed by atoms with Crippen molar-refractivity contribution in [1.29, 1.82) is 0 Å². The molecule has 356 valence electrons. The molecule has 0 fully saturated rings. The summed E-state index contributed by atoms with van der Waals surface area (Å²) >= 11 is 0. The van der Waals surface area contributed by atoms with Crippen molar-refractivity contribution in [2.24, 2.45) is 20.5 Å². The van der Waals surface area contributed by atoms with Gasteiger partial charge in [-0.2, -0.15) is 33.7 Å². The van der Waals surface area contributed by atoms with Crippen LogP contribution >= 0.6 is 0 Å². The van der Waals surface area contributed by atoms with Crippen molar-refractivity contribution in [3.8, 4) is 5.75 Å². The summed E-state index contributed by atoms with van der Waals surface area (Å²) in [4.78, 5) is 20.9. The van der Waals surface area contributed by atoms with Crippen molar-refractivity contribution in [3.05, 3.63) is 72.5 Å². The molecule has 32 heteroatoms. The molecule has 26 nitrogen and oxygen atoms in total. The molecule has 0 aliphatic heterocycles. The molecule has 66 heavy (non-hydrogen) atoms. The first-order chi connectivity index (χ1) is 30.2. The van der Waals surface area contributed by atoms with E-state index in [0.717, 1.165) is 18.2 Å². The molecule has 9 N–H and O–H groups in total. The predicted octanol–water partition coefficient (Wildman–Crippen LogP) is 4.50. The Balaban J connectivity index is 2.00. The third-order valence-electron chi connectivity index (χ3n) is 8.98. The molecule has 4 rings (SSSR count). The van der Waals surface area contributed by atoms with Crippen LogP contribution in [0.3, 0.4) is 0 Å². The molecule has 0 saturated carbocycles. The number of hydrogen-bond acceptors (Lipinski definition) is 20. The molecule has 4 aromatic rings. The van der Waals surface area contributed by atoms with Crippen molar-refractivity contribution in [1.82, 2.24) is 0 Å². The Morgan fingerprint density at radius 2 is 0.939 bits per heavy atom. The Kier molecular flexibility index (Phi) is 15.1. The van der Waals surface area contributed by atoms with E-state index in [9.17, 15) is 83.4 Å². The first-order valence-electron chi connectivity index (χ1n) is 17.7. The fourth-order valence-corrected chi connectivity index (χ4v) is 10.6. The number of nitrogen functional groups attached to an aromatic ring is 1. The van der Waals surface area contributed by atoms with Crippen LogP contribution in [0, 0.1) is 0 Å². The van der Waals surface area contributed by atoms with Crippen molar-refractivity contribution in [2.75, 3.05) is 16.4 Å². The molecular formula is C34H35N7O19S6. The van der Waals surface area contributed by atoms with Crippen LogP contribution in [-0.4, -0.2) is 96.1 Å². The van der Waals surface area contributed by atoms with E-state index in [1.165, 1.54) is 13.8 Å². The Morgan fingerprint density at radius 3 is 1.27 bits per heavy atom. The second-order valence-electron chi connectivity index (χ2n) is 13.3. The Hall–Kier alpha value is -6.10. The van der Waals surface area contributed by atoms with E-state index >= 15 is 0 Å². The molecule has 0 saturated heterocycles. The summed E-state index contributed by atoms with van der Waals surface area (Å²) in [5.41, 5.74) is 0.218. The largest absolute Gasteiger partial charge is 0.505 e. The van der Waals surface area contributed by atoms with Crippen molar-refractivity contribution < 1.29 is 83.4 Å². The number of aromatic hydroxyl groups is 1. The van der Waals surface area contributed by atoms with Crippen LogP contribution in [0.25, 0.3) is 10.8 Å². The summed E-state index contributed by atoms with van der Waals surface area (Å²) < 4.78 is 189. The smallest absolute Gasteiger partial charge is 0.296 e. The van der Waals surface area contributed by atoms with Crippen LogP contribution < -0.4 is 16.4 Å². The van der Waals surface area contributed by atoms with E-state index in [-0.39, 0.29) is 24.2 Å². The van der Waals surface area contributed by atoms with Crippen molar-refractivity contribution in [2.45, 2.75) is 56.8 Å². The van der Waals surface area contributed by atoms with Gasteiger partial charge in [0.15, 0.2) is 25.4 Å². The number of hydrogen-bond donors (Lipinski definition) is 8. The first kappa shape index (κ1) is 52.5. The summed E-state index contributed by atoms with van der Waals surface area (Å²) in [6, 6.07) is 5.42. The zero-order valence-corrected chi connectivity index (χ0v) is 38.4. The standard InChI is InChI=1S/C34H35N7O19S6/c1-5-22(61(45,46)7-3)33(43)36-18-9-11-24(63(49,50)51)20(15-18)38-40-30-26(65(55,56)57)13-17-14-27(66(58,59)60)31(32(42)28(17)29(30)35)41-39-21-16-19(10-12-25(21)64(52,53)54)37-34(44)23(6-2)62(47,48)8-4/h7-16,22-23,42H,3-6,35H2,1-2H3,(H,36,43)(H,37,44)(H,49,50,51)(H,52,53,54)(H,55,56,57)(H,58,59,60). The molecule has 0 aliphatic rings. The van der Waals surface area contributed by atoms with Gasteiger partial charge < -0.3 is 21.5 Å². The summed E-state index contributed by atoms with van der Waals surface area (Å²) in [5.74, 6) is -3.67. The summed E-state index contributed by atoms with van der Waals surface area (Å²) in [6.07, 6.45) is -0.500. The maximum atomic E-state index is 12.9. The number of phenols is 1. The van der Waals surface area contributed by atoms with E-state index in [1.807, 2.05) is 0 Å². The lowest BCUT2D eigenvalue weighted by atomic mass is 10.1. The van der Waals surface area contributed by atoms with Gasteiger partial charge in [-0.25, -0.2) is 16.8 Å². The minimum absolute atomic E-state index is 0.248. The molecule has 0 radical (unpaired) electrons. The van der Waals surface area contributed by atoms with Crippen LogP contribution in [-0.2, 0) is 69.7 Å². The second kappa shape index (κ2) is 19.0. The number of amides is 2. The van der Waals surface area contributed by atoms with Crippen LogP contribution in [0.2, 0.25) is 0 Å².